The van der Waals surface area contributed by atoms with Gasteiger partial charge in [0.15, 0.2) is 0 Å². The molecule has 6 nitrogen and oxygen atoms in total. The van der Waals surface area contributed by atoms with Crippen LogP contribution in [0.4, 0.5) is 23.7 Å². The minimum absolute atomic E-state index is 0.0430. The number of aromatic nitrogens is 2. The monoisotopic (exact) mass is 614 g/mol. The maximum atomic E-state index is 14.8. The molecule has 0 aliphatic carbocycles. The van der Waals surface area contributed by atoms with Crippen molar-refractivity contribution in [3.05, 3.63) is 107 Å². The molecule has 44 heavy (non-hydrogen) atoms. The summed E-state index contributed by atoms with van der Waals surface area (Å²) in [7, 11) is 0. The first-order chi connectivity index (χ1) is 20.9. The Labute approximate surface area is 256 Å². The second kappa shape index (κ2) is 10.9. The number of alkyl halides is 3. The molecule has 1 aliphatic heterocycles. The average Bonchev–Trinajstić information content (AvgIpc) is 3.25. The van der Waals surface area contributed by atoms with Gasteiger partial charge < -0.3 is 5.32 Å². The van der Waals surface area contributed by atoms with E-state index in [0.29, 0.717) is 0 Å². The van der Waals surface area contributed by atoms with Crippen molar-refractivity contribution in [1.82, 2.24) is 15.3 Å². The highest BCUT2D eigenvalue weighted by Crippen LogP contribution is 2.47. The van der Waals surface area contributed by atoms with E-state index in [1.807, 2.05) is 76.2 Å². The van der Waals surface area contributed by atoms with E-state index in [-0.39, 0.29) is 22.3 Å². The van der Waals surface area contributed by atoms with Crippen LogP contribution in [0.2, 0.25) is 0 Å². The van der Waals surface area contributed by atoms with Gasteiger partial charge in [-0.3, -0.25) is 14.8 Å². The molecule has 224 valence electrons. The number of carbonyl (C=O) groups is 2. The Kier molecular flexibility index (Phi) is 7.36. The largest absolute Gasteiger partial charge is 0.446 e. The highest BCUT2D eigenvalue weighted by molar-refractivity contribution is 8.00. The lowest BCUT2D eigenvalue weighted by molar-refractivity contribution is -0.123. The molecule has 3 amide bonds. The molecule has 0 spiro atoms. The number of halogens is 3. The van der Waals surface area contributed by atoms with Crippen LogP contribution >= 0.6 is 11.8 Å². The molecule has 1 saturated heterocycles. The highest BCUT2D eigenvalue weighted by atomic mass is 32.2. The number of fused-ring (bicyclic) bond motifs is 2. The van der Waals surface area contributed by atoms with Crippen molar-refractivity contribution in [3.8, 4) is 0 Å². The van der Waals surface area contributed by atoms with E-state index >= 15 is 0 Å². The van der Waals surface area contributed by atoms with Crippen LogP contribution in [0.15, 0.2) is 90.1 Å². The van der Waals surface area contributed by atoms with Crippen molar-refractivity contribution < 1.29 is 22.8 Å². The van der Waals surface area contributed by atoms with Crippen LogP contribution in [-0.4, -0.2) is 33.0 Å². The van der Waals surface area contributed by atoms with Crippen LogP contribution in [0.3, 0.4) is 0 Å². The van der Waals surface area contributed by atoms with Gasteiger partial charge in [0.2, 0.25) is 0 Å². The fraction of sp³-hybridized carbons (Fsp3) is 0.235. The van der Waals surface area contributed by atoms with Crippen LogP contribution in [0.25, 0.3) is 21.8 Å². The Balaban J connectivity index is 1.53. The molecule has 3 heterocycles. The zero-order valence-electron chi connectivity index (χ0n) is 24.4. The first kappa shape index (κ1) is 29.6. The number of carbonyl (C=O) groups excluding carboxylic acids is 2. The average molecular weight is 615 g/mol. The third kappa shape index (κ3) is 5.06. The van der Waals surface area contributed by atoms with Gasteiger partial charge >= 0.3 is 11.5 Å². The highest BCUT2D eigenvalue weighted by Gasteiger charge is 2.59. The van der Waals surface area contributed by atoms with Gasteiger partial charge in [-0.1, -0.05) is 37.1 Å². The predicted octanol–water partition coefficient (Wildman–Crippen LogP) is 8.41. The third-order valence-corrected chi connectivity index (χ3v) is 9.30. The van der Waals surface area contributed by atoms with Gasteiger partial charge in [-0.25, -0.2) is 9.69 Å². The number of imide groups is 1. The molecule has 2 aromatic heterocycles. The Morgan fingerprint density at radius 3 is 1.75 bits per heavy atom. The molecule has 1 aliphatic rings. The number of nitrogens with one attached hydrogen (secondary N) is 1. The van der Waals surface area contributed by atoms with Gasteiger partial charge in [0.1, 0.15) is 5.54 Å². The van der Waals surface area contributed by atoms with Gasteiger partial charge in [0, 0.05) is 39.9 Å². The number of aryl methyl sites for hydroxylation is 2. The smallest absolute Gasteiger partial charge is 0.322 e. The van der Waals surface area contributed by atoms with Crippen LogP contribution in [0, 0.1) is 13.8 Å². The fourth-order valence-electron chi connectivity index (χ4n) is 6.37. The normalized spacial score (nSPS) is 18.6. The van der Waals surface area contributed by atoms with Crippen molar-refractivity contribution in [2.75, 3.05) is 4.90 Å². The summed E-state index contributed by atoms with van der Waals surface area (Å²) in [6.07, 6.45) is 3.40. The molecule has 0 radical (unpaired) electrons. The maximum Gasteiger partial charge on any atom is 0.446 e. The van der Waals surface area contributed by atoms with Gasteiger partial charge in [-0.05, 0) is 97.4 Å². The summed E-state index contributed by atoms with van der Waals surface area (Å²) in [5.74, 6) is -1.58. The minimum atomic E-state index is -4.46. The van der Waals surface area contributed by atoms with Gasteiger partial charge in [-0.2, -0.15) is 13.2 Å². The Morgan fingerprint density at radius 1 is 0.773 bits per heavy atom. The zero-order chi connectivity index (χ0) is 31.4. The molecule has 2 atom stereocenters. The molecule has 3 aromatic carbocycles. The number of hydrogen-bond acceptors (Lipinski definition) is 5. The van der Waals surface area contributed by atoms with E-state index in [1.54, 1.807) is 12.4 Å². The number of rotatable bonds is 6. The van der Waals surface area contributed by atoms with E-state index in [0.717, 1.165) is 49.0 Å². The van der Waals surface area contributed by atoms with Crippen molar-refractivity contribution >= 4 is 51.2 Å². The first-order valence-electron chi connectivity index (χ1n) is 14.1. The lowest BCUT2D eigenvalue weighted by Gasteiger charge is -2.39. The topological polar surface area (TPSA) is 75.2 Å². The molecule has 10 heteroatoms. The molecule has 2 unspecified atom stereocenters. The molecule has 0 bridgehead atoms. The van der Waals surface area contributed by atoms with E-state index < -0.39 is 34.8 Å². The number of amides is 3. The van der Waals surface area contributed by atoms with Crippen molar-refractivity contribution in [3.63, 3.8) is 0 Å². The van der Waals surface area contributed by atoms with Crippen molar-refractivity contribution in [1.29, 1.82) is 0 Å². The lowest BCUT2D eigenvalue weighted by atomic mass is 9.68. The van der Waals surface area contributed by atoms with Crippen molar-refractivity contribution in [2.24, 2.45) is 0 Å². The van der Waals surface area contributed by atoms with Crippen LogP contribution in [0.5, 0.6) is 0 Å². The van der Waals surface area contributed by atoms with Gasteiger partial charge in [0.05, 0.1) is 16.7 Å². The standard InChI is InChI=1S/C34H29F3N4O2S/c1-19-5-11-29-27(17-19)25(13-15-38-29)21(3)33(22(4)26-14-16-39-30-12-6-20(2)18-28(26)30)31(42)41(32(43)40-33)23-7-9-24(10-8-23)44-34(35,36)37/h5-18,21-22H,1-4H3,(H,40,43). The molecular weight excluding hydrogens is 585 g/mol. The third-order valence-electron chi connectivity index (χ3n) is 8.56. The summed E-state index contributed by atoms with van der Waals surface area (Å²) in [6.45, 7) is 7.81. The molecular formula is C34H29F3N4O2S. The summed E-state index contributed by atoms with van der Waals surface area (Å²) in [6, 6.07) is 20.2. The Bertz CT molecular complexity index is 1840. The van der Waals surface area contributed by atoms with Crippen LogP contribution in [-0.2, 0) is 4.79 Å². The van der Waals surface area contributed by atoms with Crippen LogP contribution < -0.4 is 10.2 Å². The Morgan fingerprint density at radius 2 is 1.27 bits per heavy atom. The SMILES string of the molecule is Cc1ccc2nccc(C(C)C3(C(C)c4ccnc5ccc(C)cc45)NC(=O)N(c4ccc(SC(F)(F)F)cc4)C3=O)c2c1. The predicted molar refractivity (Wildman–Crippen MR) is 167 cm³/mol. The molecule has 5 aromatic rings. The first-order valence-corrected chi connectivity index (χ1v) is 14.9. The number of anilines is 1. The lowest BCUT2D eigenvalue weighted by Crippen LogP contribution is -2.55. The zero-order valence-corrected chi connectivity index (χ0v) is 25.3. The summed E-state index contributed by atoms with van der Waals surface area (Å²) in [4.78, 5) is 38.7. The number of nitrogens with zero attached hydrogens (tertiary/aromatic N) is 3. The van der Waals surface area contributed by atoms with Gasteiger partial charge in [-0.15, -0.1) is 0 Å². The number of benzene rings is 3. The number of thioether (sulfide) groups is 1. The molecule has 6 rings (SSSR count). The second-order valence-electron chi connectivity index (χ2n) is 11.3. The van der Waals surface area contributed by atoms with E-state index in [1.165, 1.54) is 24.3 Å². The molecule has 0 saturated carbocycles. The summed E-state index contributed by atoms with van der Waals surface area (Å²) >= 11 is -0.254. The van der Waals surface area contributed by atoms with Gasteiger partial charge in [0.25, 0.3) is 5.91 Å². The van der Waals surface area contributed by atoms with E-state index in [9.17, 15) is 22.8 Å². The fourth-order valence-corrected chi connectivity index (χ4v) is 6.90. The van der Waals surface area contributed by atoms with E-state index in [4.69, 9.17) is 0 Å². The van der Waals surface area contributed by atoms with Crippen molar-refractivity contribution in [2.45, 2.75) is 55.5 Å². The summed E-state index contributed by atoms with van der Waals surface area (Å²) < 4.78 is 38.9. The number of hydrogen-bond donors (Lipinski definition) is 1. The molecule has 1 fully saturated rings. The maximum absolute atomic E-state index is 14.8. The number of pyridine rings is 2. The number of urea groups is 1. The Hall–Kier alpha value is -4.44. The van der Waals surface area contributed by atoms with E-state index in [2.05, 4.69) is 15.3 Å². The summed E-state index contributed by atoms with van der Waals surface area (Å²) in [5.41, 5.74) is -0.482. The minimum Gasteiger partial charge on any atom is -0.322 e. The van der Waals surface area contributed by atoms with Crippen LogP contribution in [0.1, 0.15) is 47.9 Å². The molecule has 1 N–H and O–H groups in total. The second-order valence-corrected chi connectivity index (χ2v) is 12.4. The summed E-state index contributed by atoms with van der Waals surface area (Å²) in [5, 5.41) is 4.83. The quantitative estimate of drug-likeness (QED) is 0.154.